The maximum Gasteiger partial charge on any atom is 0.0937 e. The lowest BCUT2D eigenvalue weighted by atomic mass is 9.92. The Bertz CT molecular complexity index is 229. The molecule has 0 aliphatic heterocycles. The third kappa shape index (κ3) is 17.5. The van der Waals surface area contributed by atoms with Gasteiger partial charge in [0.05, 0.1) is 5.54 Å². The van der Waals surface area contributed by atoms with E-state index in [1.165, 1.54) is 64.2 Å². The first-order chi connectivity index (χ1) is 10.5. The molecule has 0 aliphatic rings. The van der Waals surface area contributed by atoms with Crippen molar-refractivity contribution in [1.82, 2.24) is 0 Å². The summed E-state index contributed by atoms with van der Waals surface area (Å²) in [5.41, 5.74) is 4.50. The Morgan fingerprint density at radius 3 is 1.41 bits per heavy atom. The van der Waals surface area contributed by atoms with Gasteiger partial charge in [0.15, 0.2) is 0 Å². The van der Waals surface area contributed by atoms with Crippen molar-refractivity contribution >= 4 is 5.97 Å². The van der Waals surface area contributed by atoms with Gasteiger partial charge in [-0.1, -0.05) is 79.1 Å². The van der Waals surface area contributed by atoms with Crippen LogP contribution in [0.3, 0.4) is 0 Å². The predicted molar refractivity (Wildman–Crippen MR) is 93.3 cm³/mol. The predicted octanol–water partition coefficient (Wildman–Crippen LogP) is 3.85. The molecule has 0 aromatic rings. The highest BCUT2D eigenvalue weighted by Crippen LogP contribution is 2.11. The first kappa shape index (κ1) is 23.7. The van der Waals surface area contributed by atoms with Crippen LogP contribution in [0.4, 0.5) is 0 Å². The van der Waals surface area contributed by atoms with Gasteiger partial charge in [0.1, 0.15) is 0 Å². The summed E-state index contributed by atoms with van der Waals surface area (Å²) in [4.78, 5) is 10.1. The first-order valence-electron chi connectivity index (χ1n) is 9.50. The van der Waals surface area contributed by atoms with Crippen LogP contribution in [-0.2, 0) is 4.79 Å². The number of carbonyl (C=O) groups is 1. The number of hydrogen-bond donors (Lipinski definition) is 1. The van der Waals surface area contributed by atoms with Crippen LogP contribution in [0.1, 0.15) is 111 Å². The zero-order valence-electron chi connectivity index (χ0n) is 15.7. The van der Waals surface area contributed by atoms with Crippen molar-refractivity contribution in [2.24, 2.45) is 0 Å². The topological polar surface area (TPSA) is 67.8 Å². The van der Waals surface area contributed by atoms with Gasteiger partial charge < -0.3 is 15.6 Å². The summed E-state index contributed by atoms with van der Waals surface area (Å²) in [6, 6.07) is 0. The van der Waals surface area contributed by atoms with Crippen molar-refractivity contribution in [2.45, 2.75) is 117 Å². The molecule has 3 heteroatoms. The number of hydrogen-bond acceptors (Lipinski definition) is 2. The molecule has 0 aliphatic carbocycles. The minimum Gasteiger partial charge on any atom is -0.550 e. The smallest absolute Gasteiger partial charge is 0.0937 e. The Morgan fingerprint density at radius 1 is 0.773 bits per heavy atom. The van der Waals surface area contributed by atoms with Gasteiger partial charge in [-0.15, -0.1) is 0 Å². The van der Waals surface area contributed by atoms with Crippen molar-refractivity contribution in [3.8, 4) is 0 Å². The summed E-state index contributed by atoms with van der Waals surface area (Å²) in [6.45, 7) is 8.85. The van der Waals surface area contributed by atoms with Gasteiger partial charge in [0.25, 0.3) is 0 Å². The van der Waals surface area contributed by atoms with Crippen LogP contribution in [0.15, 0.2) is 0 Å². The van der Waals surface area contributed by atoms with Crippen molar-refractivity contribution in [3.05, 3.63) is 0 Å². The highest BCUT2D eigenvalue weighted by Gasteiger charge is 2.20. The Labute approximate surface area is 139 Å². The zero-order chi connectivity index (χ0) is 17.3. The van der Waals surface area contributed by atoms with Gasteiger partial charge in [-0.3, -0.25) is 0 Å². The van der Waals surface area contributed by atoms with Gasteiger partial charge in [-0.2, -0.15) is 0 Å². The molecule has 0 aromatic heterocycles. The molecule has 3 N–H and O–H groups in total. The molecule has 0 fully saturated rings. The van der Waals surface area contributed by atoms with Crippen LogP contribution in [-0.4, -0.2) is 11.5 Å². The lowest BCUT2D eigenvalue weighted by Gasteiger charge is -2.19. The molecule has 0 amide bonds. The summed E-state index contributed by atoms with van der Waals surface area (Å²) in [6.07, 6.45) is 14.8. The van der Waals surface area contributed by atoms with Crippen molar-refractivity contribution in [1.29, 1.82) is 0 Å². The van der Waals surface area contributed by atoms with E-state index in [-0.39, 0.29) is 6.42 Å². The minimum absolute atomic E-state index is 0.232. The quantitative estimate of drug-likeness (QED) is 0.524. The molecule has 0 bridgehead atoms. The van der Waals surface area contributed by atoms with E-state index >= 15 is 0 Å². The summed E-state index contributed by atoms with van der Waals surface area (Å²) >= 11 is 0. The highest BCUT2D eigenvalue weighted by atomic mass is 16.4. The number of quaternary nitrogens is 1. The molecule has 134 valence electrons. The van der Waals surface area contributed by atoms with Gasteiger partial charge in [0, 0.05) is 5.97 Å². The van der Waals surface area contributed by atoms with Crippen LogP contribution in [0, 0.1) is 0 Å². The standard InChI is InChI=1S/C12H24O2.C7H17N/c1-2-3-4-5-6-7-8-9-10-11-12(13)14;1-4-7(8,5-2)6-3/h2-11H2,1H3,(H,13,14);4-6,8H2,1-3H3. The molecule has 0 radical (unpaired) electrons. The van der Waals surface area contributed by atoms with E-state index in [9.17, 15) is 9.90 Å². The zero-order valence-corrected chi connectivity index (χ0v) is 15.7. The van der Waals surface area contributed by atoms with Crippen LogP contribution in [0.2, 0.25) is 0 Å². The number of rotatable bonds is 13. The fraction of sp³-hybridized carbons (Fsp3) is 0.947. The third-order valence-corrected chi connectivity index (χ3v) is 4.73. The van der Waals surface area contributed by atoms with Crippen molar-refractivity contribution in [2.75, 3.05) is 0 Å². The summed E-state index contributed by atoms with van der Waals surface area (Å²) in [5.74, 6) is -0.909. The van der Waals surface area contributed by atoms with E-state index in [0.717, 1.165) is 12.8 Å². The molecule has 0 rings (SSSR count). The fourth-order valence-corrected chi connectivity index (χ4v) is 2.33. The SMILES string of the molecule is CCC([NH3+])(CC)CC.CCCCCCCCCCCC(=O)[O-]. The largest absolute Gasteiger partial charge is 0.550 e. The lowest BCUT2D eigenvalue weighted by Crippen LogP contribution is -2.71. The van der Waals surface area contributed by atoms with Gasteiger partial charge >= 0.3 is 0 Å². The van der Waals surface area contributed by atoms with Gasteiger partial charge in [-0.05, 0) is 32.1 Å². The van der Waals surface area contributed by atoms with E-state index in [1.54, 1.807) is 0 Å². The molecule has 0 atom stereocenters. The molecule has 0 unspecified atom stereocenters. The summed E-state index contributed by atoms with van der Waals surface area (Å²) in [7, 11) is 0. The Morgan fingerprint density at radius 2 is 1.14 bits per heavy atom. The second kappa shape index (κ2) is 16.8. The van der Waals surface area contributed by atoms with E-state index in [4.69, 9.17) is 0 Å². The van der Waals surface area contributed by atoms with E-state index < -0.39 is 5.97 Å². The molecule has 0 aromatic carbocycles. The summed E-state index contributed by atoms with van der Waals surface area (Å²) in [5, 5.41) is 10.1. The number of carbonyl (C=O) groups excluding carboxylic acids is 1. The van der Waals surface area contributed by atoms with E-state index in [0.29, 0.717) is 5.54 Å². The average molecular weight is 316 g/mol. The average Bonchev–Trinajstić information content (AvgIpc) is 2.53. The molecular weight excluding hydrogens is 274 g/mol. The monoisotopic (exact) mass is 315 g/mol. The fourth-order valence-electron chi connectivity index (χ4n) is 2.33. The Balaban J connectivity index is 0. The third-order valence-electron chi connectivity index (χ3n) is 4.73. The molecule has 0 saturated heterocycles. The maximum absolute atomic E-state index is 10.1. The molecule has 0 saturated carbocycles. The van der Waals surface area contributed by atoms with Gasteiger partial charge in [-0.25, -0.2) is 0 Å². The number of carboxylic acid groups (broad SMARTS) is 1. The maximum atomic E-state index is 10.1. The highest BCUT2D eigenvalue weighted by molar-refractivity contribution is 5.63. The molecule has 3 nitrogen and oxygen atoms in total. The van der Waals surface area contributed by atoms with Gasteiger partial charge in [0.2, 0.25) is 0 Å². The van der Waals surface area contributed by atoms with Crippen molar-refractivity contribution in [3.63, 3.8) is 0 Å². The second-order valence-corrected chi connectivity index (χ2v) is 6.51. The summed E-state index contributed by atoms with van der Waals surface area (Å²) < 4.78 is 0. The number of unbranched alkanes of at least 4 members (excludes halogenated alkanes) is 8. The van der Waals surface area contributed by atoms with Crippen molar-refractivity contribution < 1.29 is 15.6 Å². The molecular formula is C19H41NO2. The Kier molecular flexibility index (Phi) is 18.1. The molecule has 0 heterocycles. The first-order valence-corrected chi connectivity index (χ1v) is 9.50. The normalized spacial score (nSPS) is 11.0. The lowest BCUT2D eigenvalue weighted by molar-refractivity contribution is -0.480. The van der Waals surface area contributed by atoms with E-state index in [1.807, 2.05) is 0 Å². The second-order valence-electron chi connectivity index (χ2n) is 6.51. The van der Waals surface area contributed by atoms with Crippen LogP contribution in [0.25, 0.3) is 0 Å². The number of aliphatic carboxylic acids is 1. The number of carboxylic acids is 1. The molecule has 0 spiro atoms. The minimum atomic E-state index is -0.909. The van der Waals surface area contributed by atoms with E-state index in [2.05, 4.69) is 33.4 Å². The molecule has 22 heavy (non-hydrogen) atoms. The van der Waals surface area contributed by atoms with Crippen LogP contribution in [0.5, 0.6) is 0 Å². The van der Waals surface area contributed by atoms with Crippen LogP contribution < -0.4 is 10.8 Å². The Hall–Kier alpha value is -0.570. The van der Waals surface area contributed by atoms with Crippen LogP contribution >= 0.6 is 0 Å².